The summed E-state index contributed by atoms with van der Waals surface area (Å²) in [5.41, 5.74) is 9.56. The molecule has 0 amide bonds. The summed E-state index contributed by atoms with van der Waals surface area (Å²) < 4.78 is 0. The first-order chi connectivity index (χ1) is 21.8. The Morgan fingerprint density at radius 2 is 0.886 bits per heavy atom. The van der Waals surface area contributed by atoms with Crippen LogP contribution >= 0.6 is 0 Å². The number of fused-ring (bicyclic) bond motifs is 1. The van der Waals surface area contributed by atoms with E-state index in [4.69, 9.17) is 0 Å². The van der Waals surface area contributed by atoms with Crippen LogP contribution in [0.15, 0.2) is 164 Å². The molecule has 9 aromatic rings. The third kappa shape index (κ3) is 3.98. The first-order valence-corrected chi connectivity index (χ1v) is 15.1. The van der Waals surface area contributed by atoms with E-state index >= 15 is 0 Å². The summed E-state index contributed by atoms with van der Waals surface area (Å²) in [6, 6.07) is 57.4. The quantitative estimate of drug-likeness (QED) is 0.196. The Morgan fingerprint density at radius 3 is 1.59 bits per heavy atom. The number of hydrogen-bond donors (Lipinski definition) is 0. The maximum Gasteiger partial charge on any atom is 0.0702 e. The molecule has 0 bridgehead atoms. The van der Waals surface area contributed by atoms with E-state index in [1.165, 1.54) is 76.5 Å². The van der Waals surface area contributed by atoms with Gasteiger partial charge in [0.05, 0.1) is 5.69 Å². The second-order valence-electron chi connectivity index (χ2n) is 11.6. The van der Waals surface area contributed by atoms with Crippen LogP contribution in [-0.2, 0) is 0 Å². The lowest BCUT2D eigenvalue weighted by molar-refractivity contribution is 1.33. The summed E-state index contributed by atoms with van der Waals surface area (Å²) in [5.74, 6) is 0. The van der Waals surface area contributed by atoms with Crippen molar-refractivity contribution in [1.82, 2.24) is 4.98 Å². The van der Waals surface area contributed by atoms with Crippen LogP contribution in [-0.4, -0.2) is 4.98 Å². The molecule has 8 aromatic carbocycles. The molecular weight excluding hydrogens is 530 g/mol. The van der Waals surface area contributed by atoms with Crippen LogP contribution in [0.5, 0.6) is 0 Å². The maximum atomic E-state index is 4.56. The van der Waals surface area contributed by atoms with E-state index in [0.29, 0.717) is 0 Å². The highest BCUT2D eigenvalue weighted by atomic mass is 14.7. The highest BCUT2D eigenvalue weighted by Crippen LogP contribution is 2.44. The van der Waals surface area contributed by atoms with Crippen LogP contribution in [0.25, 0.3) is 87.7 Å². The third-order valence-corrected chi connectivity index (χ3v) is 9.06. The van der Waals surface area contributed by atoms with Crippen LogP contribution in [0.3, 0.4) is 0 Å². The Balaban J connectivity index is 1.27. The van der Waals surface area contributed by atoms with Crippen molar-refractivity contribution in [3.05, 3.63) is 164 Å². The van der Waals surface area contributed by atoms with E-state index in [9.17, 15) is 0 Å². The summed E-state index contributed by atoms with van der Waals surface area (Å²) >= 11 is 0. The molecule has 0 aliphatic carbocycles. The maximum absolute atomic E-state index is 4.56. The molecule has 0 unspecified atom stereocenters. The molecular formula is C43H27N. The van der Waals surface area contributed by atoms with Crippen molar-refractivity contribution in [3.63, 3.8) is 0 Å². The van der Waals surface area contributed by atoms with Crippen molar-refractivity contribution >= 4 is 43.1 Å². The Kier molecular flexibility index (Phi) is 5.57. The van der Waals surface area contributed by atoms with Gasteiger partial charge in [0.1, 0.15) is 0 Å². The van der Waals surface area contributed by atoms with Gasteiger partial charge < -0.3 is 0 Å². The predicted octanol–water partition coefficient (Wildman–Crippen LogP) is 11.8. The van der Waals surface area contributed by atoms with Crippen molar-refractivity contribution in [1.29, 1.82) is 0 Å². The molecule has 44 heavy (non-hydrogen) atoms. The highest BCUT2D eigenvalue weighted by molar-refractivity contribution is 6.28. The van der Waals surface area contributed by atoms with Crippen molar-refractivity contribution in [2.75, 3.05) is 0 Å². The third-order valence-electron chi connectivity index (χ3n) is 9.06. The first-order valence-electron chi connectivity index (χ1n) is 15.1. The SMILES string of the molecule is c1ccc(-c2ccc(-c3cc(-c4ccc5cc(-c6ccccn6)ccc5c4)c4ccc5cccc6ccc3c4c65)cc2)cc1. The fourth-order valence-corrected chi connectivity index (χ4v) is 6.89. The molecule has 204 valence electrons. The van der Waals surface area contributed by atoms with Crippen molar-refractivity contribution in [2.45, 2.75) is 0 Å². The average Bonchev–Trinajstić information content (AvgIpc) is 3.11. The summed E-state index contributed by atoms with van der Waals surface area (Å²) in [5, 5.41) is 10.3. The van der Waals surface area contributed by atoms with Crippen LogP contribution in [0.4, 0.5) is 0 Å². The first kappa shape index (κ1) is 24.8. The van der Waals surface area contributed by atoms with E-state index < -0.39 is 0 Å². The van der Waals surface area contributed by atoms with Crippen LogP contribution in [0, 0.1) is 0 Å². The van der Waals surface area contributed by atoms with E-state index in [0.717, 1.165) is 11.3 Å². The van der Waals surface area contributed by atoms with Gasteiger partial charge in [-0.2, -0.15) is 0 Å². The second kappa shape index (κ2) is 9.90. The van der Waals surface area contributed by atoms with E-state index in [1.807, 2.05) is 18.3 Å². The number of rotatable bonds is 4. The van der Waals surface area contributed by atoms with Crippen LogP contribution in [0.1, 0.15) is 0 Å². The minimum absolute atomic E-state index is 0.994. The Morgan fingerprint density at radius 1 is 0.318 bits per heavy atom. The molecule has 0 radical (unpaired) electrons. The van der Waals surface area contributed by atoms with Gasteiger partial charge >= 0.3 is 0 Å². The average molecular weight is 558 g/mol. The summed E-state index contributed by atoms with van der Waals surface area (Å²) in [7, 11) is 0. The largest absolute Gasteiger partial charge is 0.256 e. The number of benzene rings is 8. The standard InChI is InChI=1S/C43H27N/c1-2-7-28(8-3-1)29-12-14-30(15-13-29)39-27-40(38-23-21-32-10-6-9-31-20-22-37(39)43(38)42(31)32)35-18-16-34-26-36(19-17-33(34)25-35)41-11-4-5-24-44-41/h1-27H. The normalized spacial score (nSPS) is 11.6. The van der Waals surface area contributed by atoms with Gasteiger partial charge in [-0.25, -0.2) is 0 Å². The van der Waals surface area contributed by atoms with Crippen molar-refractivity contribution in [2.24, 2.45) is 0 Å². The van der Waals surface area contributed by atoms with Crippen LogP contribution in [0.2, 0.25) is 0 Å². The highest BCUT2D eigenvalue weighted by Gasteiger charge is 2.17. The number of pyridine rings is 1. The van der Waals surface area contributed by atoms with Gasteiger partial charge in [-0.1, -0.05) is 127 Å². The zero-order valence-corrected chi connectivity index (χ0v) is 24.0. The van der Waals surface area contributed by atoms with Gasteiger partial charge in [0.25, 0.3) is 0 Å². The summed E-state index contributed by atoms with van der Waals surface area (Å²) in [6.45, 7) is 0. The van der Waals surface area contributed by atoms with Gasteiger partial charge in [0.15, 0.2) is 0 Å². The van der Waals surface area contributed by atoms with E-state index in [-0.39, 0.29) is 0 Å². The molecule has 0 fully saturated rings. The minimum Gasteiger partial charge on any atom is -0.256 e. The van der Waals surface area contributed by atoms with Crippen molar-refractivity contribution < 1.29 is 0 Å². The van der Waals surface area contributed by atoms with Gasteiger partial charge in [-0.3, -0.25) is 4.98 Å². The molecule has 0 atom stereocenters. The summed E-state index contributed by atoms with van der Waals surface area (Å²) in [6.07, 6.45) is 1.85. The molecule has 9 rings (SSSR count). The Bertz CT molecular complexity index is 2440. The molecule has 0 aliphatic heterocycles. The fourth-order valence-electron chi connectivity index (χ4n) is 6.89. The zero-order chi connectivity index (χ0) is 29.0. The minimum atomic E-state index is 0.994. The number of nitrogens with zero attached hydrogens (tertiary/aromatic N) is 1. The Hall–Kier alpha value is -5.79. The fraction of sp³-hybridized carbons (Fsp3) is 0. The molecule has 1 nitrogen and oxygen atoms in total. The smallest absolute Gasteiger partial charge is 0.0702 e. The monoisotopic (exact) mass is 557 g/mol. The predicted molar refractivity (Wildman–Crippen MR) is 187 cm³/mol. The number of aromatic nitrogens is 1. The topological polar surface area (TPSA) is 12.9 Å². The zero-order valence-electron chi connectivity index (χ0n) is 24.0. The van der Waals surface area contributed by atoms with Gasteiger partial charge in [0.2, 0.25) is 0 Å². The van der Waals surface area contributed by atoms with Gasteiger partial charge in [-0.05, 0) is 107 Å². The second-order valence-corrected chi connectivity index (χ2v) is 11.6. The lowest BCUT2D eigenvalue weighted by atomic mass is 9.85. The molecule has 1 aromatic heterocycles. The van der Waals surface area contributed by atoms with E-state index in [2.05, 4.69) is 151 Å². The molecule has 0 spiro atoms. The van der Waals surface area contributed by atoms with Gasteiger partial charge in [-0.15, -0.1) is 0 Å². The molecule has 0 aliphatic rings. The lowest BCUT2D eigenvalue weighted by Crippen LogP contribution is -1.91. The van der Waals surface area contributed by atoms with Crippen molar-refractivity contribution in [3.8, 4) is 44.6 Å². The molecule has 1 heteroatoms. The van der Waals surface area contributed by atoms with E-state index in [1.54, 1.807) is 0 Å². The molecule has 0 saturated heterocycles. The molecule has 0 N–H and O–H groups in total. The Labute approximate surface area is 256 Å². The lowest BCUT2D eigenvalue weighted by Gasteiger charge is -2.18. The molecule has 1 heterocycles. The number of hydrogen-bond acceptors (Lipinski definition) is 1. The van der Waals surface area contributed by atoms with Crippen LogP contribution < -0.4 is 0 Å². The summed E-state index contributed by atoms with van der Waals surface area (Å²) in [4.78, 5) is 4.56. The molecule has 0 saturated carbocycles. The van der Waals surface area contributed by atoms with Gasteiger partial charge in [0, 0.05) is 11.8 Å².